The lowest BCUT2D eigenvalue weighted by Crippen LogP contribution is -2.30. The first kappa shape index (κ1) is 21.1. The molecule has 0 unspecified atom stereocenters. The summed E-state index contributed by atoms with van der Waals surface area (Å²) in [5.41, 5.74) is 2.35. The Balaban J connectivity index is 1.49. The van der Waals surface area contributed by atoms with Crippen molar-refractivity contribution >= 4 is 21.6 Å². The quantitative estimate of drug-likeness (QED) is 0.485. The van der Waals surface area contributed by atoms with Gasteiger partial charge in [-0.1, -0.05) is 18.2 Å². The number of nitrogens with zero attached hydrogens (tertiary/aromatic N) is 3. The number of para-hydroxylation sites is 1. The molecule has 5 nitrogen and oxygen atoms in total. The van der Waals surface area contributed by atoms with Gasteiger partial charge < -0.3 is 4.74 Å². The summed E-state index contributed by atoms with van der Waals surface area (Å²) in [6, 6.07) is 8.09. The van der Waals surface area contributed by atoms with Gasteiger partial charge in [-0.05, 0) is 76.7 Å². The van der Waals surface area contributed by atoms with Crippen LogP contribution in [0.15, 0.2) is 29.1 Å². The van der Waals surface area contributed by atoms with Gasteiger partial charge in [0.15, 0.2) is 0 Å². The van der Waals surface area contributed by atoms with E-state index in [9.17, 15) is 4.79 Å². The van der Waals surface area contributed by atoms with Crippen LogP contribution in [-0.4, -0.2) is 34.1 Å². The highest BCUT2D eigenvalue weighted by Crippen LogP contribution is 2.27. The van der Waals surface area contributed by atoms with E-state index in [-0.39, 0.29) is 5.56 Å². The zero-order valence-corrected chi connectivity index (χ0v) is 19.1. The van der Waals surface area contributed by atoms with Crippen molar-refractivity contribution in [3.63, 3.8) is 0 Å². The molecular formula is C24H31N3O2S. The first-order valence-electron chi connectivity index (χ1n) is 10.9. The third-order valence-electron chi connectivity index (χ3n) is 6.06. The van der Waals surface area contributed by atoms with E-state index in [0.717, 1.165) is 65.4 Å². The highest BCUT2D eigenvalue weighted by molar-refractivity contribution is 7.18. The number of hydrogen-bond acceptors (Lipinski definition) is 5. The molecule has 0 saturated carbocycles. The predicted octanol–water partition coefficient (Wildman–Crippen LogP) is 4.84. The summed E-state index contributed by atoms with van der Waals surface area (Å²) in [4.78, 5) is 22.8. The summed E-state index contributed by atoms with van der Waals surface area (Å²) in [5, 5.41) is 0.804. The Labute approximate surface area is 182 Å². The van der Waals surface area contributed by atoms with Crippen LogP contribution >= 0.6 is 11.3 Å². The molecule has 0 radical (unpaired) electrons. The number of fused-ring (bicyclic) bond motifs is 1. The highest BCUT2D eigenvalue weighted by atomic mass is 32.1. The predicted molar refractivity (Wildman–Crippen MR) is 124 cm³/mol. The van der Waals surface area contributed by atoms with Crippen LogP contribution in [0.4, 0.5) is 0 Å². The van der Waals surface area contributed by atoms with Crippen LogP contribution in [0.5, 0.6) is 5.75 Å². The lowest BCUT2D eigenvalue weighted by atomic mass is 10.2. The Morgan fingerprint density at radius 1 is 1.10 bits per heavy atom. The van der Waals surface area contributed by atoms with Crippen molar-refractivity contribution in [1.29, 1.82) is 0 Å². The second-order valence-electron chi connectivity index (χ2n) is 8.25. The maximum Gasteiger partial charge on any atom is 0.262 e. The van der Waals surface area contributed by atoms with Gasteiger partial charge in [-0.25, -0.2) is 4.98 Å². The van der Waals surface area contributed by atoms with Gasteiger partial charge in [0.2, 0.25) is 0 Å². The molecule has 3 heterocycles. The van der Waals surface area contributed by atoms with Gasteiger partial charge in [-0.15, -0.1) is 11.3 Å². The normalized spacial score (nSPS) is 14.6. The van der Waals surface area contributed by atoms with Crippen molar-refractivity contribution in [2.24, 2.45) is 0 Å². The molecule has 0 aliphatic carbocycles. The average molecular weight is 426 g/mol. The molecule has 0 atom stereocenters. The van der Waals surface area contributed by atoms with Crippen molar-refractivity contribution in [3.8, 4) is 5.75 Å². The van der Waals surface area contributed by atoms with Crippen LogP contribution < -0.4 is 10.3 Å². The van der Waals surface area contributed by atoms with E-state index in [4.69, 9.17) is 9.72 Å². The van der Waals surface area contributed by atoms with Crippen molar-refractivity contribution in [2.45, 2.75) is 59.5 Å². The molecule has 1 aromatic carbocycles. The summed E-state index contributed by atoms with van der Waals surface area (Å²) in [6.07, 6.45) is 4.28. The fourth-order valence-electron chi connectivity index (χ4n) is 4.13. The van der Waals surface area contributed by atoms with Gasteiger partial charge in [0.1, 0.15) is 16.4 Å². The van der Waals surface area contributed by atoms with Crippen molar-refractivity contribution in [1.82, 2.24) is 14.5 Å². The largest absolute Gasteiger partial charge is 0.493 e. The summed E-state index contributed by atoms with van der Waals surface area (Å²) in [6.45, 7) is 10.5. The maximum atomic E-state index is 13.4. The zero-order valence-electron chi connectivity index (χ0n) is 18.2. The molecule has 1 saturated heterocycles. The summed E-state index contributed by atoms with van der Waals surface area (Å²) in [5.74, 6) is 1.85. The average Bonchev–Trinajstić information content (AvgIpc) is 3.33. The zero-order chi connectivity index (χ0) is 21.1. The monoisotopic (exact) mass is 425 g/mol. The van der Waals surface area contributed by atoms with Crippen molar-refractivity contribution in [2.75, 3.05) is 19.7 Å². The molecule has 0 amide bonds. The second-order valence-corrected chi connectivity index (χ2v) is 9.46. The molecule has 2 aromatic heterocycles. The second kappa shape index (κ2) is 9.31. The van der Waals surface area contributed by atoms with Crippen LogP contribution in [0.2, 0.25) is 0 Å². The summed E-state index contributed by atoms with van der Waals surface area (Å²) in [7, 11) is 0. The minimum atomic E-state index is 0.121. The van der Waals surface area contributed by atoms with Crippen LogP contribution in [0, 0.1) is 20.8 Å². The molecule has 160 valence electrons. The fraction of sp³-hybridized carbons (Fsp3) is 0.500. The van der Waals surface area contributed by atoms with Crippen molar-refractivity contribution in [3.05, 3.63) is 56.4 Å². The molecule has 0 N–H and O–H groups in total. The van der Waals surface area contributed by atoms with Crippen LogP contribution in [-0.2, 0) is 13.1 Å². The number of thiophene rings is 1. The molecule has 1 aliphatic rings. The van der Waals surface area contributed by atoms with Crippen LogP contribution in [0.3, 0.4) is 0 Å². The van der Waals surface area contributed by atoms with Gasteiger partial charge in [-0.3, -0.25) is 14.3 Å². The molecule has 0 spiro atoms. The lowest BCUT2D eigenvalue weighted by Gasteiger charge is -2.18. The molecule has 30 heavy (non-hydrogen) atoms. The topological polar surface area (TPSA) is 47.4 Å². The molecule has 6 heteroatoms. The summed E-state index contributed by atoms with van der Waals surface area (Å²) >= 11 is 1.64. The number of benzene rings is 1. The molecule has 4 rings (SSSR count). The smallest absolute Gasteiger partial charge is 0.262 e. The van der Waals surface area contributed by atoms with Gasteiger partial charge in [0.25, 0.3) is 5.56 Å². The van der Waals surface area contributed by atoms with Gasteiger partial charge >= 0.3 is 0 Å². The van der Waals surface area contributed by atoms with E-state index < -0.39 is 0 Å². The third-order valence-corrected chi connectivity index (χ3v) is 7.16. The standard InChI is InChI=1S/C24H31N3O2S/c1-17-10-4-5-11-20(17)29-15-9-8-14-27-21(16-26-12-6-7-13-26)25-23-22(24(27)28)18(2)19(3)30-23/h4-5,10-11H,6-9,12-16H2,1-3H3. The minimum Gasteiger partial charge on any atom is -0.493 e. The fourth-order valence-corrected chi connectivity index (χ4v) is 5.17. The molecule has 1 aliphatic heterocycles. The number of aromatic nitrogens is 2. The Morgan fingerprint density at radius 3 is 2.63 bits per heavy atom. The van der Waals surface area contributed by atoms with Crippen LogP contribution in [0.1, 0.15) is 47.5 Å². The number of unbranched alkanes of at least 4 members (excludes halogenated alkanes) is 1. The van der Waals surface area contributed by atoms with Gasteiger partial charge in [-0.2, -0.15) is 0 Å². The first-order valence-corrected chi connectivity index (χ1v) is 11.8. The highest BCUT2D eigenvalue weighted by Gasteiger charge is 2.19. The molecular weight excluding hydrogens is 394 g/mol. The molecule has 0 bridgehead atoms. The van der Waals surface area contributed by atoms with E-state index >= 15 is 0 Å². The first-order chi connectivity index (χ1) is 14.5. The van der Waals surface area contributed by atoms with Gasteiger partial charge in [0, 0.05) is 11.4 Å². The maximum absolute atomic E-state index is 13.4. The SMILES string of the molecule is Cc1ccccc1OCCCCn1c(CN2CCCC2)nc2sc(C)c(C)c2c1=O. The summed E-state index contributed by atoms with van der Waals surface area (Å²) < 4.78 is 7.85. The van der Waals surface area contributed by atoms with E-state index in [1.807, 2.05) is 29.7 Å². The number of ether oxygens (including phenoxy) is 1. The number of rotatable bonds is 8. The number of hydrogen-bond donors (Lipinski definition) is 0. The van der Waals surface area contributed by atoms with E-state index in [2.05, 4.69) is 24.8 Å². The minimum absolute atomic E-state index is 0.121. The molecule has 3 aromatic rings. The Hall–Kier alpha value is -2.18. The Bertz CT molecular complexity index is 1080. The van der Waals surface area contributed by atoms with Crippen molar-refractivity contribution < 1.29 is 4.74 Å². The third kappa shape index (κ3) is 4.44. The Kier molecular flexibility index (Phi) is 6.54. The Morgan fingerprint density at radius 2 is 1.87 bits per heavy atom. The van der Waals surface area contributed by atoms with E-state index in [0.29, 0.717) is 13.2 Å². The number of likely N-dealkylation sites (tertiary alicyclic amines) is 1. The molecule has 1 fully saturated rings. The number of aryl methyl sites for hydroxylation is 3. The van der Waals surface area contributed by atoms with E-state index in [1.54, 1.807) is 11.3 Å². The lowest BCUT2D eigenvalue weighted by molar-refractivity contribution is 0.295. The van der Waals surface area contributed by atoms with E-state index in [1.165, 1.54) is 17.7 Å². The van der Waals surface area contributed by atoms with Gasteiger partial charge in [0.05, 0.1) is 18.5 Å². The van der Waals surface area contributed by atoms with Crippen LogP contribution in [0.25, 0.3) is 10.2 Å².